The summed E-state index contributed by atoms with van der Waals surface area (Å²) in [6.07, 6.45) is 7.73. The van der Waals surface area contributed by atoms with Gasteiger partial charge in [0.15, 0.2) is 11.5 Å². The molecule has 10 nitrogen and oxygen atoms in total. The monoisotopic (exact) mass is 350 g/mol. The van der Waals surface area contributed by atoms with Crippen LogP contribution in [0.15, 0.2) is 54.1 Å². The number of hydrogen-bond donors (Lipinski definition) is 1. The highest BCUT2D eigenvalue weighted by molar-refractivity contribution is 5.92. The maximum Gasteiger partial charge on any atom is 0.264 e. The van der Waals surface area contributed by atoms with E-state index in [0.29, 0.717) is 22.5 Å². The minimum atomic E-state index is -0.376. The van der Waals surface area contributed by atoms with Gasteiger partial charge < -0.3 is 5.32 Å². The lowest BCUT2D eigenvalue weighted by Crippen LogP contribution is -2.28. The molecule has 0 aliphatic rings. The number of amides is 1. The molecule has 0 spiro atoms. The molecule has 0 radical (unpaired) electrons. The van der Waals surface area contributed by atoms with Crippen LogP contribution >= 0.6 is 0 Å². The van der Waals surface area contributed by atoms with Crippen molar-refractivity contribution < 1.29 is 4.79 Å². The van der Waals surface area contributed by atoms with Gasteiger partial charge in [-0.2, -0.15) is 10.2 Å². The van der Waals surface area contributed by atoms with E-state index in [1.54, 1.807) is 48.5 Å². The van der Waals surface area contributed by atoms with Gasteiger partial charge in [-0.15, -0.1) is 0 Å². The second-order valence-electron chi connectivity index (χ2n) is 5.56. The van der Waals surface area contributed by atoms with E-state index in [1.807, 2.05) is 0 Å². The maximum absolute atomic E-state index is 12.4. The lowest BCUT2D eigenvalue weighted by molar-refractivity contribution is -0.116. The highest BCUT2D eigenvalue weighted by atomic mass is 16.2. The summed E-state index contributed by atoms with van der Waals surface area (Å²) in [6.45, 7) is -0.176. The molecule has 0 aromatic carbocycles. The third kappa shape index (κ3) is 2.73. The molecule has 0 aliphatic carbocycles. The van der Waals surface area contributed by atoms with Gasteiger partial charge in [-0.25, -0.2) is 14.6 Å². The number of hydrogen-bond acceptors (Lipinski definition) is 6. The van der Waals surface area contributed by atoms with E-state index in [2.05, 4.69) is 25.5 Å². The van der Waals surface area contributed by atoms with Crippen LogP contribution in [0.1, 0.15) is 0 Å². The Morgan fingerprint density at radius 2 is 2.08 bits per heavy atom. The van der Waals surface area contributed by atoms with Crippen molar-refractivity contribution in [2.45, 2.75) is 6.54 Å². The van der Waals surface area contributed by atoms with E-state index in [-0.39, 0.29) is 18.0 Å². The van der Waals surface area contributed by atoms with Gasteiger partial charge in [0.1, 0.15) is 18.3 Å². The molecular weight excluding hydrogens is 336 g/mol. The third-order valence-electron chi connectivity index (χ3n) is 3.81. The number of carbonyl (C=O) groups is 1. The summed E-state index contributed by atoms with van der Waals surface area (Å²) in [4.78, 5) is 33.3. The van der Waals surface area contributed by atoms with Crippen LogP contribution in [0.3, 0.4) is 0 Å². The Morgan fingerprint density at radius 3 is 2.88 bits per heavy atom. The van der Waals surface area contributed by atoms with E-state index in [9.17, 15) is 9.59 Å². The van der Waals surface area contributed by atoms with Crippen molar-refractivity contribution in [3.8, 4) is 5.82 Å². The number of nitrogens with zero attached hydrogens (tertiary/aromatic N) is 7. The molecule has 4 heterocycles. The van der Waals surface area contributed by atoms with Crippen LogP contribution in [-0.4, -0.2) is 40.0 Å². The smallest absolute Gasteiger partial charge is 0.264 e. The van der Waals surface area contributed by atoms with Crippen molar-refractivity contribution in [2.24, 2.45) is 7.05 Å². The summed E-state index contributed by atoms with van der Waals surface area (Å²) < 4.78 is 4.29. The van der Waals surface area contributed by atoms with Gasteiger partial charge >= 0.3 is 0 Å². The van der Waals surface area contributed by atoms with Gasteiger partial charge in [0.05, 0.1) is 11.9 Å². The fraction of sp³-hybridized carbons (Fsp3) is 0.125. The van der Waals surface area contributed by atoms with Crippen molar-refractivity contribution in [3.05, 3.63) is 59.7 Å². The Balaban J connectivity index is 1.59. The molecule has 4 aromatic heterocycles. The summed E-state index contributed by atoms with van der Waals surface area (Å²) in [5.74, 6) is 0.109. The van der Waals surface area contributed by atoms with Crippen LogP contribution in [0, 0.1) is 0 Å². The molecule has 26 heavy (non-hydrogen) atoms. The second-order valence-corrected chi connectivity index (χ2v) is 5.56. The molecule has 0 unspecified atom stereocenters. The molecule has 0 fully saturated rings. The Bertz CT molecular complexity index is 1140. The first-order valence-electron chi connectivity index (χ1n) is 7.75. The highest BCUT2D eigenvalue weighted by Crippen LogP contribution is 2.16. The van der Waals surface area contributed by atoms with Gasteiger partial charge in [-0.1, -0.05) is 0 Å². The fourth-order valence-corrected chi connectivity index (χ4v) is 2.59. The summed E-state index contributed by atoms with van der Waals surface area (Å²) in [5.41, 5.74) is 0.640. The second kappa shape index (κ2) is 6.24. The van der Waals surface area contributed by atoms with Crippen LogP contribution in [0.2, 0.25) is 0 Å². The Labute approximate surface area is 146 Å². The molecule has 0 bridgehead atoms. The van der Waals surface area contributed by atoms with Crippen LogP contribution < -0.4 is 10.9 Å². The van der Waals surface area contributed by atoms with Gasteiger partial charge in [-0.05, 0) is 18.2 Å². The lowest BCUT2D eigenvalue weighted by Gasteiger charge is -2.10. The molecular formula is C16H14N8O2. The quantitative estimate of drug-likeness (QED) is 0.568. The molecule has 0 atom stereocenters. The Morgan fingerprint density at radius 1 is 1.19 bits per heavy atom. The molecule has 0 saturated heterocycles. The minimum Gasteiger partial charge on any atom is -0.321 e. The van der Waals surface area contributed by atoms with Gasteiger partial charge in [0, 0.05) is 25.6 Å². The summed E-state index contributed by atoms with van der Waals surface area (Å²) >= 11 is 0. The number of carbonyl (C=O) groups excluding carboxylic acids is 1. The van der Waals surface area contributed by atoms with E-state index in [4.69, 9.17) is 0 Å². The van der Waals surface area contributed by atoms with Crippen LogP contribution in [-0.2, 0) is 18.4 Å². The SMILES string of the molecule is Cn1ncc2c(=O)n(CC(=O)Nc3cccnc3-n3cccn3)cnc21. The molecule has 1 N–H and O–H groups in total. The maximum atomic E-state index is 12.4. The van der Waals surface area contributed by atoms with Crippen molar-refractivity contribution in [3.63, 3.8) is 0 Å². The van der Waals surface area contributed by atoms with Gasteiger partial charge in [-0.3, -0.25) is 18.8 Å². The van der Waals surface area contributed by atoms with Crippen molar-refractivity contribution >= 4 is 22.6 Å². The summed E-state index contributed by atoms with van der Waals surface area (Å²) in [7, 11) is 1.70. The van der Waals surface area contributed by atoms with Gasteiger partial charge in [0.25, 0.3) is 5.56 Å². The fourth-order valence-electron chi connectivity index (χ4n) is 2.59. The van der Waals surface area contributed by atoms with E-state index >= 15 is 0 Å². The minimum absolute atomic E-state index is 0.176. The third-order valence-corrected chi connectivity index (χ3v) is 3.81. The standard InChI is InChI=1S/C16H14N8O2/c1-22-14-11(8-20-22)16(26)23(10-18-14)9-13(25)21-12-4-2-5-17-15(12)24-7-3-6-19-24/h2-8,10H,9H2,1H3,(H,21,25). The van der Waals surface area contributed by atoms with Crippen molar-refractivity contribution in [1.29, 1.82) is 0 Å². The summed E-state index contributed by atoms with van der Waals surface area (Å²) in [6, 6.07) is 5.18. The molecule has 4 rings (SSSR count). The zero-order valence-electron chi connectivity index (χ0n) is 13.8. The van der Waals surface area contributed by atoms with Crippen molar-refractivity contribution in [1.82, 2.24) is 34.1 Å². The predicted molar refractivity (Wildman–Crippen MR) is 92.8 cm³/mol. The first-order valence-corrected chi connectivity index (χ1v) is 7.75. The first kappa shape index (κ1) is 15.7. The Kier molecular flexibility index (Phi) is 3.77. The molecule has 130 valence electrons. The Hall–Kier alpha value is -3.82. The number of anilines is 1. The average molecular weight is 350 g/mol. The largest absolute Gasteiger partial charge is 0.321 e. The predicted octanol–water partition coefficient (Wildman–Crippen LogP) is 0.349. The lowest BCUT2D eigenvalue weighted by atomic mass is 10.3. The van der Waals surface area contributed by atoms with Crippen molar-refractivity contribution in [2.75, 3.05) is 5.32 Å². The zero-order valence-corrected chi connectivity index (χ0v) is 13.8. The van der Waals surface area contributed by atoms with E-state index < -0.39 is 0 Å². The number of fused-ring (bicyclic) bond motifs is 1. The molecule has 0 aliphatic heterocycles. The van der Waals surface area contributed by atoms with E-state index in [0.717, 1.165) is 0 Å². The highest BCUT2D eigenvalue weighted by Gasteiger charge is 2.13. The van der Waals surface area contributed by atoms with E-state index in [1.165, 1.54) is 21.8 Å². The number of pyridine rings is 1. The topological polar surface area (TPSA) is 113 Å². The number of rotatable bonds is 4. The molecule has 1 amide bonds. The number of aromatic nitrogens is 7. The van der Waals surface area contributed by atoms with Crippen LogP contribution in [0.25, 0.3) is 16.9 Å². The molecule has 4 aromatic rings. The zero-order chi connectivity index (χ0) is 18.1. The molecule has 10 heteroatoms. The first-order chi connectivity index (χ1) is 12.6. The van der Waals surface area contributed by atoms with Crippen LogP contribution in [0.4, 0.5) is 5.69 Å². The van der Waals surface area contributed by atoms with Gasteiger partial charge in [0.2, 0.25) is 5.91 Å². The average Bonchev–Trinajstić information content (AvgIpc) is 3.28. The normalized spacial score (nSPS) is 11.0. The van der Waals surface area contributed by atoms with Crippen LogP contribution in [0.5, 0.6) is 0 Å². The number of aryl methyl sites for hydroxylation is 1. The summed E-state index contributed by atoms with van der Waals surface area (Å²) in [5, 5.41) is 11.2. The number of nitrogens with one attached hydrogen (secondary N) is 1. The molecule has 0 saturated carbocycles.